The van der Waals surface area contributed by atoms with E-state index >= 15 is 0 Å². The number of rotatable bonds is 4. The number of nitrogens with zero attached hydrogens (tertiary/aromatic N) is 2. The average Bonchev–Trinajstić information content (AvgIpc) is 2.47. The number of carbonyl (C=O) groups excluding carboxylic acids is 1. The molecule has 22 heavy (non-hydrogen) atoms. The SMILES string of the molecule is C[C@@H](N)C(=O)N1CCN(S(=O)(=O)Cc2ccccc2)CC1.Cl. The molecular formula is C14H22ClN3O3S. The minimum Gasteiger partial charge on any atom is -0.339 e. The van der Waals surface area contributed by atoms with E-state index in [2.05, 4.69) is 0 Å². The first-order chi connectivity index (χ1) is 9.90. The average molecular weight is 348 g/mol. The van der Waals surface area contributed by atoms with Crippen LogP contribution < -0.4 is 5.73 Å². The van der Waals surface area contributed by atoms with Crippen molar-refractivity contribution < 1.29 is 13.2 Å². The molecule has 2 rings (SSSR count). The quantitative estimate of drug-likeness (QED) is 0.856. The summed E-state index contributed by atoms with van der Waals surface area (Å²) in [5, 5.41) is 0. The molecule has 1 aliphatic heterocycles. The molecule has 0 radical (unpaired) electrons. The standard InChI is InChI=1S/C14H21N3O3S.ClH/c1-12(15)14(18)16-7-9-17(10-8-16)21(19,20)11-13-5-3-2-4-6-13;/h2-6,12H,7-11,15H2,1H3;1H/t12-;/m1./s1. The molecule has 6 nitrogen and oxygen atoms in total. The lowest BCUT2D eigenvalue weighted by atomic mass is 10.2. The second-order valence-corrected chi connectivity index (χ2v) is 7.22. The summed E-state index contributed by atoms with van der Waals surface area (Å²) in [4.78, 5) is 13.4. The van der Waals surface area contributed by atoms with E-state index in [9.17, 15) is 13.2 Å². The summed E-state index contributed by atoms with van der Waals surface area (Å²) in [7, 11) is -3.34. The van der Waals surface area contributed by atoms with E-state index in [4.69, 9.17) is 5.73 Å². The lowest BCUT2D eigenvalue weighted by molar-refractivity contribution is -0.133. The van der Waals surface area contributed by atoms with Crippen LogP contribution in [0.4, 0.5) is 0 Å². The number of hydrogen-bond acceptors (Lipinski definition) is 4. The molecule has 1 atom stereocenters. The first kappa shape index (κ1) is 18.9. The molecule has 8 heteroatoms. The topological polar surface area (TPSA) is 83.7 Å². The van der Waals surface area contributed by atoms with Crippen LogP contribution in [0.1, 0.15) is 12.5 Å². The van der Waals surface area contributed by atoms with Gasteiger partial charge in [0, 0.05) is 26.2 Å². The Labute approximate surface area is 137 Å². The summed E-state index contributed by atoms with van der Waals surface area (Å²) in [6.07, 6.45) is 0. The van der Waals surface area contributed by atoms with Crippen molar-refractivity contribution in [3.05, 3.63) is 35.9 Å². The van der Waals surface area contributed by atoms with E-state index < -0.39 is 16.1 Å². The fraction of sp³-hybridized carbons (Fsp3) is 0.500. The van der Waals surface area contributed by atoms with Crippen LogP contribution >= 0.6 is 12.4 Å². The third kappa shape index (κ3) is 4.67. The van der Waals surface area contributed by atoms with Crippen LogP contribution in [0.3, 0.4) is 0 Å². The number of benzene rings is 1. The van der Waals surface area contributed by atoms with Crippen LogP contribution in [0.15, 0.2) is 30.3 Å². The van der Waals surface area contributed by atoms with Crippen LogP contribution in [0, 0.1) is 0 Å². The van der Waals surface area contributed by atoms with Gasteiger partial charge in [-0.2, -0.15) is 4.31 Å². The summed E-state index contributed by atoms with van der Waals surface area (Å²) in [5.74, 6) is -0.134. The number of nitrogens with two attached hydrogens (primary N) is 1. The Morgan fingerprint density at radius 2 is 1.73 bits per heavy atom. The van der Waals surface area contributed by atoms with Crippen molar-refractivity contribution in [1.82, 2.24) is 9.21 Å². The van der Waals surface area contributed by atoms with Gasteiger partial charge in [0.1, 0.15) is 0 Å². The van der Waals surface area contributed by atoms with E-state index in [-0.39, 0.29) is 24.1 Å². The summed E-state index contributed by atoms with van der Waals surface area (Å²) in [6, 6.07) is 8.56. The molecule has 1 saturated heterocycles. The van der Waals surface area contributed by atoms with Gasteiger partial charge in [0.05, 0.1) is 11.8 Å². The Hall–Kier alpha value is -1.15. The van der Waals surface area contributed by atoms with Gasteiger partial charge in [0.2, 0.25) is 15.9 Å². The summed E-state index contributed by atoms with van der Waals surface area (Å²) >= 11 is 0. The van der Waals surface area contributed by atoms with Gasteiger partial charge in [0.15, 0.2) is 0 Å². The molecule has 1 amide bonds. The van der Waals surface area contributed by atoms with Crippen LogP contribution in [0.5, 0.6) is 0 Å². The van der Waals surface area contributed by atoms with Crippen molar-refractivity contribution in [2.24, 2.45) is 5.73 Å². The minimum absolute atomic E-state index is 0. The second kappa shape index (κ2) is 7.92. The van der Waals surface area contributed by atoms with E-state index in [1.165, 1.54) is 4.31 Å². The molecule has 0 spiro atoms. The highest BCUT2D eigenvalue weighted by Crippen LogP contribution is 2.13. The molecule has 2 N–H and O–H groups in total. The van der Waals surface area contributed by atoms with Crippen LogP contribution in [0.2, 0.25) is 0 Å². The van der Waals surface area contributed by atoms with Gasteiger partial charge in [-0.3, -0.25) is 4.79 Å². The fourth-order valence-corrected chi connectivity index (χ4v) is 3.87. The Bertz CT molecular complexity index is 585. The highest BCUT2D eigenvalue weighted by Gasteiger charge is 2.29. The number of hydrogen-bond donors (Lipinski definition) is 1. The molecular weight excluding hydrogens is 326 g/mol. The van der Waals surface area contributed by atoms with Gasteiger partial charge < -0.3 is 10.6 Å². The van der Waals surface area contributed by atoms with Crippen LogP contribution in [-0.2, 0) is 20.6 Å². The molecule has 1 fully saturated rings. The van der Waals surface area contributed by atoms with E-state index in [1.54, 1.807) is 24.0 Å². The fourth-order valence-electron chi connectivity index (χ4n) is 2.35. The Morgan fingerprint density at radius 3 is 2.23 bits per heavy atom. The predicted molar refractivity (Wildman–Crippen MR) is 88.1 cm³/mol. The largest absolute Gasteiger partial charge is 0.339 e. The lowest BCUT2D eigenvalue weighted by Gasteiger charge is -2.34. The first-order valence-corrected chi connectivity index (χ1v) is 8.57. The Balaban J connectivity index is 0.00000242. The molecule has 1 aromatic carbocycles. The van der Waals surface area contributed by atoms with Crippen molar-refractivity contribution in [2.45, 2.75) is 18.7 Å². The zero-order valence-corrected chi connectivity index (χ0v) is 14.1. The van der Waals surface area contributed by atoms with Gasteiger partial charge in [-0.15, -0.1) is 12.4 Å². The van der Waals surface area contributed by atoms with Gasteiger partial charge >= 0.3 is 0 Å². The number of carbonyl (C=O) groups is 1. The number of piperazine rings is 1. The third-order valence-electron chi connectivity index (χ3n) is 3.53. The van der Waals surface area contributed by atoms with Crippen LogP contribution in [-0.4, -0.2) is 55.8 Å². The summed E-state index contributed by atoms with van der Waals surface area (Å²) < 4.78 is 26.2. The molecule has 0 saturated carbocycles. The number of amides is 1. The lowest BCUT2D eigenvalue weighted by Crippen LogP contribution is -2.53. The zero-order chi connectivity index (χ0) is 15.5. The molecule has 1 aliphatic rings. The molecule has 0 aromatic heterocycles. The van der Waals surface area contributed by atoms with Crippen molar-refractivity contribution in [3.8, 4) is 0 Å². The van der Waals surface area contributed by atoms with Crippen molar-refractivity contribution in [3.63, 3.8) is 0 Å². The molecule has 1 aromatic rings. The van der Waals surface area contributed by atoms with E-state index in [1.807, 2.05) is 18.2 Å². The molecule has 0 aliphatic carbocycles. The maximum atomic E-state index is 12.4. The zero-order valence-electron chi connectivity index (χ0n) is 12.5. The van der Waals surface area contributed by atoms with Crippen LogP contribution in [0.25, 0.3) is 0 Å². The highest BCUT2D eigenvalue weighted by atomic mass is 35.5. The molecule has 0 bridgehead atoms. The summed E-state index contributed by atoms with van der Waals surface area (Å²) in [5.41, 5.74) is 6.34. The second-order valence-electron chi connectivity index (χ2n) is 5.25. The Kier molecular flexibility index (Phi) is 6.80. The van der Waals surface area contributed by atoms with Crippen molar-refractivity contribution >= 4 is 28.3 Å². The van der Waals surface area contributed by atoms with E-state index in [0.29, 0.717) is 26.2 Å². The highest BCUT2D eigenvalue weighted by molar-refractivity contribution is 7.88. The molecule has 1 heterocycles. The maximum absolute atomic E-state index is 12.4. The van der Waals surface area contributed by atoms with Gasteiger partial charge in [-0.1, -0.05) is 30.3 Å². The minimum atomic E-state index is -3.34. The Morgan fingerprint density at radius 1 is 1.18 bits per heavy atom. The third-order valence-corrected chi connectivity index (χ3v) is 5.38. The number of halogens is 1. The normalized spacial score (nSPS) is 17.6. The van der Waals surface area contributed by atoms with E-state index in [0.717, 1.165) is 5.56 Å². The van der Waals surface area contributed by atoms with Gasteiger partial charge in [0.25, 0.3) is 0 Å². The maximum Gasteiger partial charge on any atom is 0.239 e. The smallest absolute Gasteiger partial charge is 0.239 e. The predicted octanol–water partition coefficient (Wildman–Crippen LogP) is 0.430. The molecule has 0 unspecified atom stereocenters. The number of sulfonamides is 1. The first-order valence-electron chi connectivity index (χ1n) is 6.96. The molecule has 124 valence electrons. The monoisotopic (exact) mass is 347 g/mol. The van der Waals surface area contributed by atoms with Gasteiger partial charge in [-0.05, 0) is 12.5 Å². The van der Waals surface area contributed by atoms with Crippen molar-refractivity contribution in [1.29, 1.82) is 0 Å². The summed E-state index contributed by atoms with van der Waals surface area (Å²) in [6.45, 7) is 3.09. The van der Waals surface area contributed by atoms with Gasteiger partial charge in [-0.25, -0.2) is 8.42 Å². The van der Waals surface area contributed by atoms with Crippen molar-refractivity contribution in [2.75, 3.05) is 26.2 Å².